The number of nitrogens with one attached hydrogen (secondary N) is 2. The minimum absolute atomic E-state index is 0.0654. The number of hydrogen-bond donors (Lipinski definition) is 2. The van der Waals surface area contributed by atoms with E-state index in [0.29, 0.717) is 17.9 Å². The van der Waals surface area contributed by atoms with E-state index in [0.717, 1.165) is 12.8 Å². The summed E-state index contributed by atoms with van der Waals surface area (Å²) < 4.78 is 4.94. The Morgan fingerprint density at radius 3 is 2.64 bits per heavy atom. The maximum atomic E-state index is 12.0. The van der Waals surface area contributed by atoms with Crippen LogP contribution >= 0.6 is 0 Å². The lowest BCUT2D eigenvalue weighted by Gasteiger charge is -2.07. The van der Waals surface area contributed by atoms with Gasteiger partial charge in [-0.2, -0.15) is 5.10 Å². The van der Waals surface area contributed by atoms with Crippen LogP contribution in [0.5, 0.6) is 5.75 Å². The summed E-state index contributed by atoms with van der Waals surface area (Å²) in [5.74, 6) is -0.373. The molecule has 0 spiro atoms. The minimum Gasteiger partial charge on any atom is -0.496 e. The number of hydrogen-bond acceptors (Lipinski definition) is 6. The van der Waals surface area contributed by atoms with Gasteiger partial charge in [0.05, 0.1) is 24.5 Å². The molecule has 136 valence electrons. The third-order valence-electron chi connectivity index (χ3n) is 3.22. The Hall–Kier alpha value is -2.97. The fourth-order valence-electron chi connectivity index (χ4n) is 1.91. The third-order valence-corrected chi connectivity index (χ3v) is 3.22. The molecule has 0 aliphatic heterocycles. The molecule has 9 nitrogen and oxygen atoms in total. The summed E-state index contributed by atoms with van der Waals surface area (Å²) in [6.45, 7) is 3.56. The highest BCUT2D eigenvalue weighted by molar-refractivity contribution is 6.06. The minimum atomic E-state index is -0.604. The Balaban J connectivity index is 2.67. The average molecular weight is 350 g/mol. The van der Waals surface area contributed by atoms with E-state index in [1.54, 1.807) is 6.92 Å². The highest BCUT2D eigenvalue weighted by Gasteiger charge is 2.17. The Kier molecular flexibility index (Phi) is 8.04. The van der Waals surface area contributed by atoms with Gasteiger partial charge < -0.3 is 10.1 Å². The molecule has 0 saturated heterocycles. The Morgan fingerprint density at radius 2 is 2.04 bits per heavy atom. The second-order valence-electron chi connectivity index (χ2n) is 5.35. The number of nitro benzene ring substituents is 1. The summed E-state index contributed by atoms with van der Waals surface area (Å²) >= 11 is 0. The standard InChI is InChI=1S/C16H22N4O5/c1-4-5-6-15(21)19-18-11(2)9-16(22)17-13-8-7-12(25-3)10-14(13)20(23)24/h7-8,10H,4-6,9H2,1-3H3,(H,17,22)(H,19,21)/b18-11+. The van der Waals surface area contributed by atoms with Crippen molar-refractivity contribution < 1.29 is 19.2 Å². The molecule has 0 radical (unpaired) electrons. The van der Waals surface area contributed by atoms with Crippen molar-refractivity contribution in [3.63, 3.8) is 0 Å². The molecule has 2 amide bonds. The number of methoxy groups -OCH3 is 1. The number of rotatable bonds is 9. The van der Waals surface area contributed by atoms with Crippen molar-refractivity contribution in [3.05, 3.63) is 28.3 Å². The van der Waals surface area contributed by atoms with Gasteiger partial charge in [0.1, 0.15) is 11.4 Å². The van der Waals surface area contributed by atoms with E-state index in [4.69, 9.17) is 4.74 Å². The summed E-state index contributed by atoms with van der Waals surface area (Å²) in [5.41, 5.74) is 2.56. The van der Waals surface area contributed by atoms with Gasteiger partial charge in [-0.25, -0.2) is 5.43 Å². The van der Waals surface area contributed by atoms with Crippen molar-refractivity contribution in [2.45, 2.75) is 39.5 Å². The van der Waals surface area contributed by atoms with Crippen LogP contribution in [0.25, 0.3) is 0 Å². The highest BCUT2D eigenvalue weighted by Crippen LogP contribution is 2.28. The number of nitrogens with zero attached hydrogens (tertiary/aromatic N) is 2. The van der Waals surface area contributed by atoms with E-state index >= 15 is 0 Å². The number of carbonyl (C=O) groups is 2. The van der Waals surface area contributed by atoms with Crippen LogP contribution in [-0.4, -0.2) is 29.6 Å². The molecule has 0 unspecified atom stereocenters. The number of benzene rings is 1. The first kappa shape index (κ1) is 20.1. The number of amides is 2. The number of ether oxygens (including phenoxy) is 1. The smallest absolute Gasteiger partial charge is 0.296 e. The van der Waals surface area contributed by atoms with E-state index in [9.17, 15) is 19.7 Å². The van der Waals surface area contributed by atoms with Crippen LogP contribution in [0.3, 0.4) is 0 Å². The number of unbranched alkanes of at least 4 members (excludes halogenated alkanes) is 1. The van der Waals surface area contributed by atoms with Crippen molar-refractivity contribution in [1.82, 2.24) is 5.43 Å². The van der Waals surface area contributed by atoms with Crippen LogP contribution in [0.15, 0.2) is 23.3 Å². The monoisotopic (exact) mass is 350 g/mol. The lowest BCUT2D eigenvalue weighted by atomic mass is 10.2. The van der Waals surface area contributed by atoms with E-state index in [2.05, 4.69) is 15.8 Å². The molecule has 0 saturated carbocycles. The molecule has 0 atom stereocenters. The summed E-state index contributed by atoms with van der Waals surface area (Å²) in [4.78, 5) is 33.9. The fourth-order valence-corrected chi connectivity index (χ4v) is 1.91. The van der Waals surface area contributed by atoms with Crippen LogP contribution in [0.4, 0.5) is 11.4 Å². The maximum absolute atomic E-state index is 12.0. The zero-order valence-electron chi connectivity index (χ0n) is 14.5. The van der Waals surface area contributed by atoms with Crippen LogP contribution in [-0.2, 0) is 9.59 Å². The summed E-state index contributed by atoms with van der Waals surface area (Å²) in [6, 6.07) is 4.13. The lowest BCUT2D eigenvalue weighted by molar-refractivity contribution is -0.384. The van der Waals surface area contributed by atoms with Crippen molar-refractivity contribution in [3.8, 4) is 5.75 Å². The normalized spacial score (nSPS) is 10.9. The lowest BCUT2D eigenvalue weighted by Crippen LogP contribution is -2.21. The van der Waals surface area contributed by atoms with Gasteiger partial charge in [-0.3, -0.25) is 19.7 Å². The summed E-state index contributed by atoms with van der Waals surface area (Å²) in [6.07, 6.45) is 1.94. The highest BCUT2D eigenvalue weighted by atomic mass is 16.6. The Labute approximate surface area is 145 Å². The summed E-state index contributed by atoms with van der Waals surface area (Å²) in [5, 5.41) is 17.4. The van der Waals surface area contributed by atoms with Crippen LogP contribution < -0.4 is 15.5 Å². The first-order chi connectivity index (χ1) is 11.9. The van der Waals surface area contributed by atoms with Gasteiger partial charge in [0.25, 0.3) is 5.69 Å². The molecular formula is C16H22N4O5. The van der Waals surface area contributed by atoms with E-state index in [-0.39, 0.29) is 23.7 Å². The van der Waals surface area contributed by atoms with Gasteiger partial charge in [-0.1, -0.05) is 13.3 Å². The van der Waals surface area contributed by atoms with Crippen molar-refractivity contribution in [1.29, 1.82) is 0 Å². The molecule has 0 fully saturated rings. The van der Waals surface area contributed by atoms with E-state index < -0.39 is 10.8 Å². The second kappa shape index (κ2) is 10.0. The first-order valence-corrected chi connectivity index (χ1v) is 7.81. The molecule has 0 bridgehead atoms. The average Bonchev–Trinajstić information content (AvgIpc) is 2.58. The number of anilines is 1. The number of nitro groups is 1. The quantitative estimate of drug-likeness (QED) is 0.402. The fraction of sp³-hybridized carbons (Fsp3) is 0.438. The van der Waals surface area contributed by atoms with Gasteiger partial charge in [-0.15, -0.1) is 0 Å². The predicted molar refractivity (Wildman–Crippen MR) is 93.7 cm³/mol. The second-order valence-corrected chi connectivity index (χ2v) is 5.35. The van der Waals surface area contributed by atoms with Gasteiger partial charge in [0.15, 0.2) is 0 Å². The predicted octanol–water partition coefficient (Wildman–Crippen LogP) is 2.61. The molecule has 1 rings (SSSR count). The topological polar surface area (TPSA) is 123 Å². The van der Waals surface area contributed by atoms with Gasteiger partial charge in [-0.05, 0) is 25.5 Å². The molecule has 9 heteroatoms. The SMILES string of the molecule is CCCCC(=O)N/N=C(\C)CC(=O)Nc1ccc(OC)cc1[N+](=O)[O-]. The number of hydrazone groups is 1. The largest absolute Gasteiger partial charge is 0.496 e. The molecule has 2 N–H and O–H groups in total. The summed E-state index contributed by atoms with van der Waals surface area (Å²) in [7, 11) is 1.39. The van der Waals surface area contributed by atoms with Crippen LogP contribution in [0.1, 0.15) is 39.5 Å². The molecule has 0 heterocycles. The molecule has 1 aromatic carbocycles. The first-order valence-electron chi connectivity index (χ1n) is 7.81. The van der Waals surface area contributed by atoms with Gasteiger partial charge in [0, 0.05) is 12.1 Å². The van der Waals surface area contributed by atoms with Crippen LogP contribution in [0.2, 0.25) is 0 Å². The number of carbonyl (C=O) groups excluding carboxylic acids is 2. The zero-order chi connectivity index (χ0) is 18.8. The van der Waals surface area contributed by atoms with Crippen molar-refractivity contribution in [2.24, 2.45) is 5.10 Å². The van der Waals surface area contributed by atoms with Crippen molar-refractivity contribution in [2.75, 3.05) is 12.4 Å². The molecule has 0 aliphatic rings. The van der Waals surface area contributed by atoms with E-state index in [1.165, 1.54) is 25.3 Å². The maximum Gasteiger partial charge on any atom is 0.296 e. The Bertz CT molecular complexity index is 672. The zero-order valence-corrected chi connectivity index (χ0v) is 14.5. The van der Waals surface area contributed by atoms with Gasteiger partial charge >= 0.3 is 0 Å². The molecule has 25 heavy (non-hydrogen) atoms. The van der Waals surface area contributed by atoms with Crippen LogP contribution in [0, 0.1) is 10.1 Å². The van der Waals surface area contributed by atoms with Crippen molar-refractivity contribution >= 4 is 28.9 Å². The molecule has 1 aromatic rings. The molecule has 0 aromatic heterocycles. The van der Waals surface area contributed by atoms with E-state index in [1.807, 2.05) is 6.92 Å². The third kappa shape index (κ3) is 6.98. The Morgan fingerprint density at radius 1 is 1.32 bits per heavy atom. The molecule has 0 aliphatic carbocycles. The van der Waals surface area contributed by atoms with Gasteiger partial charge in [0.2, 0.25) is 11.8 Å². The molecular weight excluding hydrogens is 328 g/mol.